The number of carbonyl (C=O) groups excluding carboxylic acids is 2. The van der Waals surface area contributed by atoms with Crippen LogP contribution in [0.3, 0.4) is 0 Å². The molecule has 1 saturated heterocycles. The fourth-order valence-corrected chi connectivity index (χ4v) is 3.88. The van der Waals surface area contributed by atoms with Crippen LogP contribution < -0.4 is 9.47 Å². The van der Waals surface area contributed by atoms with Gasteiger partial charge in [-0.1, -0.05) is 36.1 Å². The first kappa shape index (κ1) is 20.9. The van der Waals surface area contributed by atoms with Crippen LogP contribution in [0.2, 0.25) is 0 Å². The van der Waals surface area contributed by atoms with Gasteiger partial charge in [-0.3, -0.25) is 9.69 Å². The number of rotatable bonds is 8. The van der Waals surface area contributed by atoms with Crippen molar-refractivity contribution in [3.63, 3.8) is 0 Å². The Labute approximate surface area is 177 Å². The highest BCUT2D eigenvalue weighted by molar-refractivity contribution is 8.26. The number of hydrogen-bond acceptors (Lipinski definition) is 8. The number of carbonyl (C=O) groups is 2. The minimum atomic E-state index is -0.492. The molecule has 1 aliphatic heterocycles. The van der Waals surface area contributed by atoms with E-state index >= 15 is 0 Å². The normalized spacial score (nSPS) is 15.1. The second kappa shape index (κ2) is 9.62. The Morgan fingerprint density at radius 3 is 2.83 bits per heavy atom. The zero-order chi connectivity index (χ0) is 20.8. The standard InChI is InChI=1S/C20H19NO6S2/c1-3-25-17(22)12-27-18-13(6-4-8-15(18)24-2)10-16-19(23)21(20(28)29-16)11-14-7-5-9-26-14/h4-10H,3,11-12H2,1-2H3. The van der Waals surface area contributed by atoms with E-state index in [0.717, 1.165) is 0 Å². The molecule has 0 saturated carbocycles. The van der Waals surface area contributed by atoms with Gasteiger partial charge in [-0.15, -0.1) is 0 Å². The van der Waals surface area contributed by atoms with Gasteiger partial charge in [0.1, 0.15) is 10.1 Å². The third kappa shape index (κ3) is 4.99. The van der Waals surface area contributed by atoms with Gasteiger partial charge in [-0.05, 0) is 31.2 Å². The van der Waals surface area contributed by atoms with Crippen LogP contribution in [0, 0.1) is 0 Å². The molecule has 9 heteroatoms. The van der Waals surface area contributed by atoms with Crippen LogP contribution in [0.15, 0.2) is 45.9 Å². The zero-order valence-electron chi connectivity index (χ0n) is 15.9. The van der Waals surface area contributed by atoms with Crippen LogP contribution in [0.25, 0.3) is 6.08 Å². The summed E-state index contributed by atoms with van der Waals surface area (Å²) in [5, 5.41) is 0. The molecule has 0 aliphatic carbocycles. The Balaban J connectivity index is 1.84. The maximum absolute atomic E-state index is 12.8. The van der Waals surface area contributed by atoms with Crippen molar-refractivity contribution in [3.05, 3.63) is 52.8 Å². The second-order valence-electron chi connectivity index (χ2n) is 5.82. The molecule has 0 unspecified atom stereocenters. The summed E-state index contributed by atoms with van der Waals surface area (Å²) >= 11 is 6.54. The van der Waals surface area contributed by atoms with Gasteiger partial charge in [0.15, 0.2) is 18.1 Å². The highest BCUT2D eigenvalue weighted by Gasteiger charge is 2.33. The van der Waals surface area contributed by atoms with Crippen molar-refractivity contribution in [2.24, 2.45) is 0 Å². The summed E-state index contributed by atoms with van der Waals surface area (Å²) in [5.74, 6) is 0.709. The molecule has 1 fully saturated rings. The molecule has 7 nitrogen and oxygen atoms in total. The van der Waals surface area contributed by atoms with Crippen LogP contribution >= 0.6 is 24.0 Å². The number of methoxy groups -OCH3 is 1. The lowest BCUT2D eigenvalue weighted by Gasteiger charge is -2.13. The molecule has 1 amide bonds. The molecule has 0 bridgehead atoms. The van der Waals surface area contributed by atoms with Crippen LogP contribution in [-0.2, 0) is 20.9 Å². The number of para-hydroxylation sites is 1. The maximum Gasteiger partial charge on any atom is 0.344 e. The fraction of sp³-hybridized carbons (Fsp3) is 0.250. The van der Waals surface area contributed by atoms with Gasteiger partial charge in [-0.25, -0.2) is 4.79 Å². The summed E-state index contributed by atoms with van der Waals surface area (Å²) in [6.07, 6.45) is 3.22. The van der Waals surface area contributed by atoms with Crippen LogP contribution in [-0.4, -0.2) is 41.4 Å². The van der Waals surface area contributed by atoms with Gasteiger partial charge in [0.05, 0.1) is 31.4 Å². The lowest BCUT2D eigenvalue weighted by atomic mass is 10.1. The van der Waals surface area contributed by atoms with E-state index in [1.807, 2.05) is 0 Å². The van der Waals surface area contributed by atoms with Crippen molar-refractivity contribution in [2.75, 3.05) is 20.3 Å². The molecule has 0 radical (unpaired) electrons. The maximum atomic E-state index is 12.8. The average Bonchev–Trinajstić information content (AvgIpc) is 3.31. The molecule has 1 aromatic carbocycles. The number of thioether (sulfide) groups is 1. The largest absolute Gasteiger partial charge is 0.493 e. The molecule has 0 N–H and O–H groups in total. The monoisotopic (exact) mass is 433 g/mol. The topological polar surface area (TPSA) is 78.2 Å². The van der Waals surface area contributed by atoms with Gasteiger partial charge in [0.25, 0.3) is 5.91 Å². The van der Waals surface area contributed by atoms with E-state index in [9.17, 15) is 9.59 Å². The average molecular weight is 434 g/mol. The van der Waals surface area contributed by atoms with Crippen molar-refractivity contribution in [2.45, 2.75) is 13.5 Å². The summed E-state index contributed by atoms with van der Waals surface area (Å²) < 4.78 is 21.6. The second-order valence-corrected chi connectivity index (χ2v) is 7.50. The lowest BCUT2D eigenvalue weighted by Crippen LogP contribution is -2.27. The predicted octanol–water partition coefficient (Wildman–Crippen LogP) is 3.63. The van der Waals surface area contributed by atoms with Gasteiger partial charge in [0, 0.05) is 5.56 Å². The van der Waals surface area contributed by atoms with Crippen molar-refractivity contribution in [1.29, 1.82) is 0 Å². The molecule has 1 aromatic heterocycles. The first-order valence-electron chi connectivity index (χ1n) is 8.76. The van der Waals surface area contributed by atoms with Gasteiger partial charge in [0.2, 0.25) is 0 Å². The van der Waals surface area contributed by atoms with Crippen molar-refractivity contribution in [3.8, 4) is 11.5 Å². The van der Waals surface area contributed by atoms with E-state index in [0.29, 0.717) is 32.0 Å². The minimum absolute atomic E-state index is 0.226. The molecule has 0 atom stereocenters. The summed E-state index contributed by atoms with van der Waals surface area (Å²) in [5.41, 5.74) is 0.590. The molecule has 152 valence electrons. The first-order chi connectivity index (χ1) is 14.0. The molecule has 2 aromatic rings. The molecule has 1 aliphatic rings. The lowest BCUT2D eigenvalue weighted by molar-refractivity contribution is -0.145. The van der Waals surface area contributed by atoms with Gasteiger partial charge < -0.3 is 18.6 Å². The van der Waals surface area contributed by atoms with Crippen molar-refractivity contribution < 1.29 is 28.2 Å². The Morgan fingerprint density at radius 2 is 2.14 bits per heavy atom. The van der Waals surface area contributed by atoms with Crippen molar-refractivity contribution >= 4 is 46.3 Å². The van der Waals surface area contributed by atoms with E-state index < -0.39 is 5.97 Å². The van der Waals surface area contributed by atoms with E-state index in [1.165, 1.54) is 23.8 Å². The minimum Gasteiger partial charge on any atom is -0.493 e. The molecular formula is C20H19NO6S2. The molecule has 29 heavy (non-hydrogen) atoms. The van der Waals surface area contributed by atoms with E-state index in [4.69, 9.17) is 30.8 Å². The number of esters is 1. The SMILES string of the molecule is CCOC(=O)COc1c(C=C2SC(=S)N(Cc3ccco3)C2=O)cccc1OC. The zero-order valence-corrected chi connectivity index (χ0v) is 17.5. The third-order valence-electron chi connectivity index (χ3n) is 3.92. The van der Waals surface area contributed by atoms with E-state index in [2.05, 4.69) is 0 Å². The number of thiocarbonyl (C=S) groups is 1. The van der Waals surface area contributed by atoms with Crippen LogP contribution in [0.1, 0.15) is 18.2 Å². The Hall–Kier alpha value is -2.78. The fourth-order valence-electron chi connectivity index (χ4n) is 2.63. The Morgan fingerprint density at radius 1 is 1.31 bits per heavy atom. The highest BCUT2D eigenvalue weighted by Crippen LogP contribution is 2.38. The Bertz CT molecular complexity index is 938. The number of nitrogens with zero attached hydrogens (tertiary/aromatic N) is 1. The number of benzene rings is 1. The van der Waals surface area contributed by atoms with Crippen molar-refractivity contribution in [1.82, 2.24) is 4.90 Å². The molecule has 0 spiro atoms. The third-order valence-corrected chi connectivity index (χ3v) is 5.30. The number of ether oxygens (including phenoxy) is 3. The number of hydrogen-bond donors (Lipinski definition) is 0. The number of amides is 1. The first-order valence-corrected chi connectivity index (χ1v) is 9.99. The number of furan rings is 1. The quantitative estimate of drug-likeness (QED) is 0.355. The van der Waals surface area contributed by atoms with Crippen LogP contribution in [0.4, 0.5) is 0 Å². The summed E-state index contributed by atoms with van der Waals surface area (Å²) in [6.45, 7) is 1.98. The van der Waals surface area contributed by atoms with Gasteiger partial charge >= 0.3 is 5.97 Å². The smallest absolute Gasteiger partial charge is 0.344 e. The molecular weight excluding hydrogens is 414 g/mol. The predicted molar refractivity (Wildman–Crippen MR) is 113 cm³/mol. The highest BCUT2D eigenvalue weighted by atomic mass is 32.2. The Kier molecular flexibility index (Phi) is 6.95. The summed E-state index contributed by atoms with van der Waals surface area (Å²) in [4.78, 5) is 26.4. The van der Waals surface area contributed by atoms with E-state index in [1.54, 1.807) is 49.6 Å². The molecule has 3 rings (SSSR count). The van der Waals surface area contributed by atoms with E-state index in [-0.39, 0.29) is 25.7 Å². The molecule has 2 heterocycles. The summed E-state index contributed by atoms with van der Waals surface area (Å²) in [6, 6.07) is 8.78. The van der Waals surface area contributed by atoms with Gasteiger partial charge in [-0.2, -0.15) is 0 Å². The van der Waals surface area contributed by atoms with Crippen LogP contribution in [0.5, 0.6) is 11.5 Å². The summed E-state index contributed by atoms with van der Waals surface area (Å²) in [7, 11) is 1.50.